The van der Waals surface area contributed by atoms with E-state index in [1.807, 2.05) is 48.6 Å². The molecule has 3 aromatic rings. The van der Waals surface area contributed by atoms with E-state index < -0.39 is 6.03 Å². The van der Waals surface area contributed by atoms with Gasteiger partial charge in [0, 0.05) is 22.8 Å². The van der Waals surface area contributed by atoms with Crippen LogP contribution in [0.1, 0.15) is 16.7 Å². The summed E-state index contributed by atoms with van der Waals surface area (Å²) in [6.07, 6.45) is 5.76. The van der Waals surface area contributed by atoms with Gasteiger partial charge in [0.1, 0.15) is 0 Å². The summed E-state index contributed by atoms with van der Waals surface area (Å²) < 4.78 is 5.12. The van der Waals surface area contributed by atoms with E-state index in [1.54, 1.807) is 24.3 Å². The minimum absolute atomic E-state index is 0.380. The number of hydrogen-bond acceptors (Lipinski definition) is 3. The molecule has 2 aromatic carbocycles. The van der Waals surface area contributed by atoms with Crippen LogP contribution >= 0.6 is 11.6 Å². The number of carbonyl (C=O) groups is 1. The van der Waals surface area contributed by atoms with E-state index in [4.69, 9.17) is 22.1 Å². The van der Waals surface area contributed by atoms with E-state index in [9.17, 15) is 4.79 Å². The number of primary amides is 1. The van der Waals surface area contributed by atoms with Gasteiger partial charge in [0.2, 0.25) is 5.88 Å². The molecule has 5 nitrogen and oxygen atoms in total. The summed E-state index contributed by atoms with van der Waals surface area (Å²) in [7, 11) is 1.59. The fourth-order valence-electron chi connectivity index (χ4n) is 3.28. The molecule has 0 fully saturated rings. The van der Waals surface area contributed by atoms with Gasteiger partial charge in [-0.15, -0.1) is 0 Å². The summed E-state index contributed by atoms with van der Waals surface area (Å²) >= 11 is 6.14. The molecule has 4 rings (SSSR count). The summed E-state index contributed by atoms with van der Waals surface area (Å²) in [5.41, 5.74) is 11.2. The third kappa shape index (κ3) is 3.44. The largest absolute Gasteiger partial charge is 0.481 e. The molecule has 1 aromatic heterocycles. The highest BCUT2D eigenvalue weighted by atomic mass is 35.5. The Labute approximate surface area is 168 Å². The first-order valence-electron chi connectivity index (χ1n) is 8.73. The van der Waals surface area contributed by atoms with Crippen LogP contribution in [0.25, 0.3) is 23.3 Å². The van der Waals surface area contributed by atoms with Gasteiger partial charge in [-0.3, -0.25) is 4.90 Å². The number of hydrogen-bond donors (Lipinski definition) is 1. The summed E-state index contributed by atoms with van der Waals surface area (Å²) in [5, 5.41) is 0.603. The summed E-state index contributed by atoms with van der Waals surface area (Å²) in [6, 6.07) is 14.8. The molecule has 6 heteroatoms. The van der Waals surface area contributed by atoms with E-state index in [2.05, 4.69) is 11.1 Å². The van der Waals surface area contributed by atoms with Crippen molar-refractivity contribution in [1.82, 2.24) is 4.98 Å². The molecule has 0 atom stereocenters. The number of halogens is 1. The number of ether oxygens (including phenoxy) is 1. The van der Waals surface area contributed by atoms with E-state index in [0.29, 0.717) is 17.4 Å². The topological polar surface area (TPSA) is 68.5 Å². The van der Waals surface area contributed by atoms with Gasteiger partial charge in [0.15, 0.2) is 0 Å². The Kier molecular flexibility index (Phi) is 4.75. The van der Waals surface area contributed by atoms with E-state index in [0.717, 1.165) is 33.5 Å². The monoisotopic (exact) mass is 391 g/mol. The maximum absolute atomic E-state index is 12.1. The Hall–Kier alpha value is -3.31. The highest BCUT2D eigenvalue weighted by molar-refractivity contribution is 6.30. The Bertz CT molecular complexity index is 1080. The maximum atomic E-state index is 12.1. The van der Waals surface area contributed by atoms with Crippen molar-refractivity contribution in [2.24, 2.45) is 5.73 Å². The third-order valence-corrected chi connectivity index (χ3v) is 4.98. The molecule has 0 saturated carbocycles. The average molecular weight is 392 g/mol. The fourth-order valence-corrected chi connectivity index (χ4v) is 3.46. The molecule has 2 N–H and O–H groups in total. The molecule has 28 heavy (non-hydrogen) atoms. The second-order valence-corrected chi connectivity index (χ2v) is 6.90. The van der Waals surface area contributed by atoms with Crippen molar-refractivity contribution < 1.29 is 9.53 Å². The zero-order chi connectivity index (χ0) is 19.7. The number of anilines is 1. The Balaban J connectivity index is 1.79. The minimum atomic E-state index is -0.506. The lowest BCUT2D eigenvalue weighted by molar-refractivity contribution is 0.253. The van der Waals surface area contributed by atoms with Gasteiger partial charge in [-0.1, -0.05) is 35.9 Å². The minimum Gasteiger partial charge on any atom is -0.481 e. The van der Waals surface area contributed by atoms with Gasteiger partial charge in [-0.25, -0.2) is 9.78 Å². The number of amides is 2. The van der Waals surface area contributed by atoms with E-state index in [-0.39, 0.29) is 0 Å². The molecular weight excluding hydrogens is 374 g/mol. The van der Waals surface area contributed by atoms with Gasteiger partial charge >= 0.3 is 6.03 Å². The van der Waals surface area contributed by atoms with Crippen molar-refractivity contribution in [2.45, 2.75) is 6.54 Å². The maximum Gasteiger partial charge on any atom is 0.319 e. The molecular formula is C22H18ClN3O2. The number of rotatable bonds is 2. The van der Waals surface area contributed by atoms with Crippen LogP contribution in [0.15, 0.2) is 54.7 Å². The molecule has 140 valence electrons. The highest BCUT2D eigenvalue weighted by Gasteiger charge is 2.19. The van der Waals surface area contributed by atoms with Crippen LogP contribution < -0.4 is 15.4 Å². The zero-order valence-corrected chi connectivity index (χ0v) is 16.0. The summed E-state index contributed by atoms with van der Waals surface area (Å²) in [4.78, 5) is 17.9. The van der Waals surface area contributed by atoms with Gasteiger partial charge in [0.05, 0.1) is 19.3 Å². The summed E-state index contributed by atoms with van der Waals surface area (Å²) in [5.74, 6) is 0.570. The first kappa shape index (κ1) is 18.1. The molecule has 1 aliphatic heterocycles. The van der Waals surface area contributed by atoms with Crippen molar-refractivity contribution in [3.8, 4) is 17.0 Å². The van der Waals surface area contributed by atoms with Crippen molar-refractivity contribution in [2.75, 3.05) is 12.0 Å². The number of carbonyl (C=O) groups excluding carboxylic acids is 1. The number of methoxy groups -OCH3 is 1. The SMILES string of the molecule is COc1ccc(-c2ccc3c(c2)/C=C\c2cc(Cl)ccc2N(C(N)=O)C3)cn1. The second-order valence-electron chi connectivity index (χ2n) is 6.46. The van der Waals surface area contributed by atoms with Crippen LogP contribution in [0.3, 0.4) is 0 Å². The molecule has 2 heterocycles. The zero-order valence-electron chi connectivity index (χ0n) is 15.2. The predicted octanol–water partition coefficient (Wildman–Crippen LogP) is 4.98. The van der Waals surface area contributed by atoms with Gasteiger partial charge in [-0.05, 0) is 52.6 Å². The Morgan fingerprint density at radius 3 is 2.57 bits per heavy atom. The van der Waals surface area contributed by atoms with Crippen LogP contribution in [0.2, 0.25) is 5.02 Å². The second kappa shape index (κ2) is 7.37. The van der Waals surface area contributed by atoms with Crippen molar-refractivity contribution in [3.63, 3.8) is 0 Å². The fraction of sp³-hybridized carbons (Fsp3) is 0.0909. The quantitative estimate of drug-likeness (QED) is 0.669. The van der Waals surface area contributed by atoms with Crippen LogP contribution in [0.5, 0.6) is 5.88 Å². The van der Waals surface area contributed by atoms with E-state index >= 15 is 0 Å². The standard InChI is InChI=1S/C22H18ClN3O2/c1-28-21-9-6-17(12-25-21)14-3-5-18-13-26(22(24)27)20-8-7-19(23)11-16(20)4-2-15(18)10-14/h2-12H,13H2,1H3,(H2,24,27)/b4-2-. The first-order valence-corrected chi connectivity index (χ1v) is 9.11. The van der Waals surface area contributed by atoms with Crippen LogP contribution in [-0.2, 0) is 6.54 Å². The van der Waals surface area contributed by atoms with Crippen molar-refractivity contribution in [1.29, 1.82) is 0 Å². The van der Waals surface area contributed by atoms with Crippen molar-refractivity contribution in [3.05, 3.63) is 76.4 Å². The lowest BCUT2D eigenvalue weighted by Gasteiger charge is -2.25. The number of benzene rings is 2. The number of pyridine rings is 1. The molecule has 2 amide bonds. The molecule has 0 saturated heterocycles. The normalized spacial score (nSPS) is 13.7. The van der Waals surface area contributed by atoms with Crippen LogP contribution in [-0.4, -0.2) is 18.1 Å². The molecule has 0 radical (unpaired) electrons. The van der Waals surface area contributed by atoms with E-state index in [1.165, 1.54) is 0 Å². The Morgan fingerprint density at radius 2 is 1.86 bits per heavy atom. The number of nitrogens with two attached hydrogens (primary N) is 1. The number of urea groups is 1. The molecule has 0 bridgehead atoms. The van der Waals surface area contributed by atoms with Gasteiger partial charge in [-0.2, -0.15) is 0 Å². The third-order valence-electron chi connectivity index (χ3n) is 4.74. The number of fused-ring (bicyclic) bond motifs is 2. The van der Waals surface area contributed by atoms with Crippen LogP contribution in [0, 0.1) is 0 Å². The van der Waals surface area contributed by atoms with Crippen LogP contribution in [0.4, 0.5) is 10.5 Å². The van der Waals surface area contributed by atoms with Gasteiger partial charge in [0.25, 0.3) is 0 Å². The predicted molar refractivity (Wildman–Crippen MR) is 112 cm³/mol. The number of aromatic nitrogens is 1. The smallest absolute Gasteiger partial charge is 0.319 e. The van der Waals surface area contributed by atoms with Crippen molar-refractivity contribution >= 4 is 35.5 Å². The molecule has 0 aliphatic carbocycles. The summed E-state index contributed by atoms with van der Waals surface area (Å²) in [6.45, 7) is 0.380. The average Bonchev–Trinajstić information content (AvgIpc) is 2.69. The Morgan fingerprint density at radius 1 is 1.07 bits per heavy atom. The molecule has 0 unspecified atom stereocenters. The lowest BCUT2D eigenvalue weighted by atomic mass is 9.97. The molecule has 1 aliphatic rings. The number of nitrogens with zero attached hydrogens (tertiary/aromatic N) is 2. The van der Waals surface area contributed by atoms with Gasteiger partial charge < -0.3 is 10.5 Å². The highest BCUT2D eigenvalue weighted by Crippen LogP contribution is 2.32. The first-order chi connectivity index (χ1) is 13.5. The lowest BCUT2D eigenvalue weighted by Crippen LogP contribution is -2.36. The molecule has 0 spiro atoms.